The summed E-state index contributed by atoms with van der Waals surface area (Å²) in [7, 11) is 1.43. The molecule has 0 unspecified atom stereocenters. The minimum atomic E-state index is -1.05. The minimum absolute atomic E-state index is 0.0936. The lowest BCUT2D eigenvalue weighted by atomic mass is 10.0. The van der Waals surface area contributed by atoms with Gasteiger partial charge in [0, 0.05) is 15.6 Å². The number of hydrogen-bond acceptors (Lipinski definition) is 2. The third kappa shape index (κ3) is 2.83. The van der Waals surface area contributed by atoms with Crippen molar-refractivity contribution in [2.24, 2.45) is 0 Å². The molecule has 2 aromatic carbocycles. The summed E-state index contributed by atoms with van der Waals surface area (Å²) >= 11 is 11.9. The molecule has 0 spiro atoms. The van der Waals surface area contributed by atoms with Crippen LogP contribution in [0.15, 0.2) is 36.4 Å². The number of carboxylic acid groups (broad SMARTS) is 1. The smallest absolute Gasteiger partial charge is 0.339 e. The topological polar surface area (TPSA) is 46.5 Å². The van der Waals surface area contributed by atoms with Crippen molar-refractivity contribution in [3.05, 3.63) is 52.0 Å². The van der Waals surface area contributed by atoms with Crippen LogP contribution in [-0.4, -0.2) is 18.2 Å². The number of halogens is 2. The minimum Gasteiger partial charge on any atom is -0.495 e. The van der Waals surface area contributed by atoms with Crippen molar-refractivity contribution in [1.82, 2.24) is 0 Å². The van der Waals surface area contributed by atoms with Crippen molar-refractivity contribution in [1.29, 1.82) is 0 Å². The molecule has 98 valence electrons. The van der Waals surface area contributed by atoms with E-state index in [-0.39, 0.29) is 11.3 Å². The van der Waals surface area contributed by atoms with Gasteiger partial charge in [0.25, 0.3) is 0 Å². The Kier molecular flexibility index (Phi) is 3.98. The summed E-state index contributed by atoms with van der Waals surface area (Å²) in [6.07, 6.45) is 0. The number of benzene rings is 2. The quantitative estimate of drug-likeness (QED) is 0.915. The second kappa shape index (κ2) is 5.51. The van der Waals surface area contributed by atoms with Gasteiger partial charge in [0.2, 0.25) is 0 Å². The summed E-state index contributed by atoms with van der Waals surface area (Å²) in [6, 6.07) is 9.91. The molecule has 19 heavy (non-hydrogen) atoms. The molecule has 0 aromatic heterocycles. The van der Waals surface area contributed by atoms with Crippen LogP contribution >= 0.6 is 23.2 Å². The molecule has 2 aromatic rings. The predicted molar refractivity (Wildman–Crippen MR) is 75.4 cm³/mol. The average molecular weight is 297 g/mol. The van der Waals surface area contributed by atoms with Gasteiger partial charge in [-0.25, -0.2) is 4.79 Å². The summed E-state index contributed by atoms with van der Waals surface area (Å²) in [6.45, 7) is 0. The number of aromatic carboxylic acids is 1. The van der Waals surface area contributed by atoms with E-state index in [1.165, 1.54) is 13.2 Å². The van der Waals surface area contributed by atoms with Gasteiger partial charge >= 0.3 is 5.97 Å². The molecule has 0 saturated carbocycles. The number of carbonyl (C=O) groups is 1. The molecule has 3 nitrogen and oxygen atoms in total. The van der Waals surface area contributed by atoms with Gasteiger partial charge in [-0.05, 0) is 29.8 Å². The van der Waals surface area contributed by atoms with E-state index in [9.17, 15) is 4.79 Å². The van der Waals surface area contributed by atoms with Gasteiger partial charge in [-0.2, -0.15) is 0 Å². The molecular weight excluding hydrogens is 287 g/mol. The summed E-state index contributed by atoms with van der Waals surface area (Å²) in [5.74, 6) is -0.764. The first kappa shape index (κ1) is 13.7. The van der Waals surface area contributed by atoms with E-state index in [2.05, 4.69) is 0 Å². The zero-order valence-corrected chi connectivity index (χ0v) is 11.5. The maximum absolute atomic E-state index is 11.2. The van der Waals surface area contributed by atoms with Crippen LogP contribution in [0.25, 0.3) is 11.1 Å². The fourth-order valence-corrected chi connectivity index (χ4v) is 2.39. The highest BCUT2D eigenvalue weighted by molar-refractivity contribution is 6.35. The van der Waals surface area contributed by atoms with Crippen molar-refractivity contribution in [2.75, 3.05) is 7.11 Å². The van der Waals surface area contributed by atoms with Crippen molar-refractivity contribution >= 4 is 29.2 Å². The van der Waals surface area contributed by atoms with Crippen LogP contribution in [0, 0.1) is 0 Å². The molecule has 0 amide bonds. The highest BCUT2D eigenvalue weighted by atomic mass is 35.5. The Morgan fingerprint density at radius 3 is 2.32 bits per heavy atom. The van der Waals surface area contributed by atoms with Crippen LogP contribution in [0.4, 0.5) is 0 Å². The molecule has 0 heterocycles. The van der Waals surface area contributed by atoms with E-state index in [1.807, 2.05) is 0 Å². The standard InChI is InChI=1S/C14H10Cl2O3/c1-19-13-11(3-2-4-12(13)14(17)18)8-5-9(15)7-10(16)6-8/h2-7H,1H3,(H,17,18). The first-order chi connectivity index (χ1) is 9.02. The number of hydrogen-bond donors (Lipinski definition) is 1. The van der Waals surface area contributed by atoms with Gasteiger partial charge in [0.05, 0.1) is 7.11 Å². The van der Waals surface area contributed by atoms with Gasteiger partial charge in [-0.1, -0.05) is 35.3 Å². The van der Waals surface area contributed by atoms with Crippen LogP contribution in [0.5, 0.6) is 5.75 Å². The fraction of sp³-hybridized carbons (Fsp3) is 0.0714. The molecule has 0 aliphatic carbocycles. The van der Waals surface area contributed by atoms with Gasteiger partial charge in [-0.3, -0.25) is 0 Å². The highest BCUT2D eigenvalue weighted by Crippen LogP contribution is 2.35. The summed E-state index contributed by atoms with van der Waals surface area (Å²) in [5, 5.41) is 10.1. The van der Waals surface area contributed by atoms with Crippen molar-refractivity contribution in [2.45, 2.75) is 0 Å². The second-order valence-electron chi connectivity index (χ2n) is 3.85. The van der Waals surface area contributed by atoms with E-state index < -0.39 is 5.97 Å². The summed E-state index contributed by atoms with van der Waals surface area (Å²) < 4.78 is 5.20. The molecule has 0 bridgehead atoms. The lowest BCUT2D eigenvalue weighted by Crippen LogP contribution is -2.01. The van der Waals surface area contributed by atoms with Crippen molar-refractivity contribution in [3.63, 3.8) is 0 Å². The Bertz CT molecular complexity index is 618. The first-order valence-electron chi connectivity index (χ1n) is 5.39. The lowest BCUT2D eigenvalue weighted by Gasteiger charge is -2.12. The molecule has 2 rings (SSSR count). The summed E-state index contributed by atoms with van der Waals surface area (Å²) in [4.78, 5) is 11.2. The summed E-state index contributed by atoms with van der Waals surface area (Å²) in [5.41, 5.74) is 1.43. The Balaban J connectivity index is 2.68. The Hall–Kier alpha value is -1.71. The molecule has 0 radical (unpaired) electrons. The van der Waals surface area contributed by atoms with Crippen LogP contribution in [-0.2, 0) is 0 Å². The van der Waals surface area contributed by atoms with Gasteiger partial charge in [0.1, 0.15) is 11.3 Å². The molecule has 0 fully saturated rings. The van der Waals surface area contributed by atoms with Gasteiger partial charge < -0.3 is 9.84 Å². The number of ether oxygens (including phenoxy) is 1. The Labute approximate surface area is 120 Å². The molecule has 0 aliphatic heterocycles. The largest absolute Gasteiger partial charge is 0.495 e. The Morgan fingerprint density at radius 2 is 1.79 bits per heavy atom. The molecule has 0 aliphatic rings. The van der Waals surface area contributed by atoms with E-state index in [0.29, 0.717) is 21.2 Å². The maximum Gasteiger partial charge on any atom is 0.339 e. The van der Waals surface area contributed by atoms with Crippen molar-refractivity contribution < 1.29 is 14.6 Å². The van der Waals surface area contributed by atoms with Gasteiger partial charge in [-0.15, -0.1) is 0 Å². The van der Waals surface area contributed by atoms with E-state index >= 15 is 0 Å². The van der Waals surface area contributed by atoms with E-state index in [1.54, 1.807) is 30.3 Å². The molecule has 0 saturated heterocycles. The molecule has 0 atom stereocenters. The van der Waals surface area contributed by atoms with Crippen LogP contribution < -0.4 is 4.74 Å². The number of para-hydroxylation sites is 1. The zero-order valence-electron chi connectivity index (χ0n) is 9.98. The van der Waals surface area contributed by atoms with Crippen LogP contribution in [0.3, 0.4) is 0 Å². The zero-order chi connectivity index (χ0) is 14.0. The molecule has 1 N–H and O–H groups in total. The van der Waals surface area contributed by atoms with E-state index in [4.69, 9.17) is 33.0 Å². The van der Waals surface area contributed by atoms with Crippen LogP contribution in [0.1, 0.15) is 10.4 Å². The normalized spacial score (nSPS) is 10.3. The van der Waals surface area contributed by atoms with Crippen LogP contribution in [0.2, 0.25) is 10.0 Å². The van der Waals surface area contributed by atoms with E-state index in [0.717, 1.165) is 0 Å². The van der Waals surface area contributed by atoms with Crippen molar-refractivity contribution in [3.8, 4) is 16.9 Å². The monoisotopic (exact) mass is 296 g/mol. The second-order valence-corrected chi connectivity index (χ2v) is 4.72. The highest BCUT2D eigenvalue weighted by Gasteiger charge is 2.16. The molecule has 5 heteroatoms. The number of methoxy groups -OCH3 is 1. The predicted octanol–water partition coefficient (Wildman–Crippen LogP) is 4.37. The SMILES string of the molecule is COc1c(C(=O)O)cccc1-c1cc(Cl)cc(Cl)c1. The first-order valence-corrected chi connectivity index (χ1v) is 6.15. The maximum atomic E-state index is 11.2. The Morgan fingerprint density at radius 1 is 1.16 bits per heavy atom. The lowest BCUT2D eigenvalue weighted by molar-refractivity contribution is 0.0693. The number of rotatable bonds is 3. The van der Waals surface area contributed by atoms with Gasteiger partial charge in [0.15, 0.2) is 0 Å². The number of carboxylic acids is 1. The third-order valence-electron chi connectivity index (χ3n) is 2.62. The average Bonchev–Trinajstić information content (AvgIpc) is 2.36. The molecular formula is C14H10Cl2O3. The fourth-order valence-electron chi connectivity index (χ4n) is 1.86. The third-order valence-corrected chi connectivity index (χ3v) is 3.06.